The van der Waals surface area contributed by atoms with Crippen LogP contribution < -0.4 is 4.90 Å². The number of carbonyl (C=O) groups is 1. The monoisotopic (exact) mass is 481 g/mol. The van der Waals surface area contributed by atoms with Crippen LogP contribution in [0.4, 0.5) is 18.9 Å². The second-order valence-electron chi connectivity index (χ2n) is 10.4. The number of amides is 1. The SMILES string of the molecule is COCCOCC1CN(c2ccc(C#N)c(C(F)(F)F)c2)CC12CCN(C(=O)C(C)(C)C)CC2. The van der Waals surface area contributed by atoms with Gasteiger partial charge in [-0.15, -0.1) is 0 Å². The fraction of sp³-hybridized carbons (Fsp3) is 0.680. The Morgan fingerprint density at radius 2 is 1.88 bits per heavy atom. The number of rotatable bonds is 6. The first-order chi connectivity index (χ1) is 15.9. The van der Waals surface area contributed by atoms with Gasteiger partial charge >= 0.3 is 6.18 Å². The molecular formula is C25H34F3N3O3. The molecule has 2 heterocycles. The number of piperidine rings is 1. The third kappa shape index (κ3) is 5.66. The number of hydrogen-bond donors (Lipinski definition) is 0. The number of likely N-dealkylation sites (tertiary alicyclic amines) is 1. The molecule has 2 fully saturated rings. The Labute approximate surface area is 199 Å². The first-order valence-electron chi connectivity index (χ1n) is 11.6. The van der Waals surface area contributed by atoms with Crippen molar-refractivity contribution in [2.45, 2.75) is 39.8 Å². The van der Waals surface area contributed by atoms with Crippen molar-refractivity contribution in [3.63, 3.8) is 0 Å². The number of halogens is 3. The van der Waals surface area contributed by atoms with Gasteiger partial charge < -0.3 is 19.3 Å². The zero-order valence-electron chi connectivity index (χ0n) is 20.4. The molecule has 2 saturated heterocycles. The van der Waals surface area contributed by atoms with Crippen LogP contribution in [0.3, 0.4) is 0 Å². The number of methoxy groups -OCH3 is 1. The second-order valence-corrected chi connectivity index (χ2v) is 10.4. The number of nitriles is 1. The summed E-state index contributed by atoms with van der Waals surface area (Å²) in [6.07, 6.45) is -3.06. The molecule has 0 saturated carbocycles. The summed E-state index contributed by atoms with van der Waals surface area (Å²) in [5.41, 5.74) is -1.44. The number of carbonyl (C=O) groups excluding carboxylic acids is 1. The molecule has 1 unspecified atom stereocenters. The van der Waals surface area contributed by atoms with Crippen molar-refractivity contribution in [2.75, 3.05) is 58.0 Å². The van der Waals surface area contributed by atoms with E-state index in [1.54, 1.807) is 19.2 Å². The highest BCUT2D eigenvalue weighted by Gasteiger charge is 2.49. The Morgan fingerprint density at radius 3 is 2.44 bits per heavy atom. The summed E-state index contributed by atoms with van der Waals surface area (Å²) < 4.78 is 51.5. The molecule has 188 valence electrons. The molecule has 34 heavy (non-hydrogen) atoms. The maximum atomic E-state index is 13.5. The van der Waals surface area contributed by atoms with E-state index in [1.165, 1.54) is 6.07 Å². The summed E-state index contributed by atoms with van der Waals surface area (Å²) >= 11 is 0. The summed E-state index contributed by atoms with van der Waals surface area (Å²) in [4.78, 5) is 16.6. The number of benzene rings is 1. The minimum atomic E-state index is -4.60. The van der Waals surface area contributed by atoms with Crippen LogP contribution >= 0.6 is 0 Å². The van der Waals surface area contributed by atoms with E-state index >= 15 is 0 Å². The topological polar surface area (TPSA) is 65.8 Å². The predicted octanol–water partition coefficient (Wildman–Crippen LogP) is 4.33. The molecule has 1 aromatic carbocycles. The van der Waals surface area contributed by atoms with Gasteiger partial charge in [0.2, 0.25) is 5.91 Å². The highest BCUT2D eigenvalue weighted by Crippen LogP contribution is 2.47. The van der Waals surface area contributed by atoms with Gasteiger partial charge in [0.25, 0.3) is 0 Å². The van der Waals surface area contributed by atoms with E-state index in [-0.39, 0.29) is 22.8 Å². The normalized spacial score (nSPS) is 20.6. The van der Waals surface area contributed by atoms with Gasteiger partial charge in [-0.25, -0.2) is 0 Å². The van der Waals surface area contributed by atoms with Crippen molar-refractivity contribution in [3.8, 4) is 6.07 Å². The van der Waals surface area contributed by atoms with E-state index < -0.39 is 17.2 Å². The molecule has 3 rings (SSSR count). The molecule has 1 aromatic rings. The number of nitrogens with zero attached hydrogens (tertiary/aromatic N) is 3. The van der Waals surface area contributed by atoms with Gasteiger partial charge in [0.1, 0.15) is 0 Å². The third-order valence-electron chi connectivity index (χ3n) is 7.05. The summed E-state index contributed by atoms with van der Waals surface area (Å²) in [7, 11) is 1.60. The van der Waals surface area contributed by atoms with E-state index in [0.29, 0.717) is 51.7 Å². The van der Waals surface area contributed by atoms with Crippen LogP contribution in [-0.2, 0) is 20.4 Å². The Balaban J connectivity index is 1.82. The zero-order chi connectivity index (χ0) is 25.1. The predicted molar refractivity (Wildman–Crippen MR) is 122 cm³/mol. The summed E-state index contributed by atoms with van der Waals surface area (Å²) in [6.45, 7) is 9.53. The van der Waals surface area contributed by atoms with Crippen molar-refractivity contribution in [3.05, 3.63) is 29.3 Å². The average molecular weight is 482 g/mol. The quantitative estimate of drug-likeness (QED) is 0.566. The van der Waals surface area contributed by atoms with Crippen LogP contribution in [-0.4, -0.2) is 63.9 Å². The van der Waals surface area contributed by atoms with Crippen LogP contribution in [0.5, 0.6) is 0 Å². The molecule has 2 aliphatic heterocycles. The molecule has 9 heteroatoms. The van der Waals surface area contributed by atoms with Crippen molar-refractivity contribution in [2.24, 2.45) is 16.7 Å². The number of anilines is 1. The first-order valence-corrected chi connectivity index (χ1v) is 11.6. The maximum absolute atomic E-state index is 13.5. The highest BCUT2D eigenvalue weighted by molar-refractivity contribution is 5.81. The van der Waals surface area contributed by atoms with E-state index in [0.717, 1.165) is 18.9 Å². The lowest BCUT2D eigenvalue weighted by Crippen LogP contribution is -2.50. The van der Waals surface area contributed by atoms with Gasteiger partial charge in [0.15, 0.2) is 0 Å². The molecule has 6 nitrogen and oxygen atoms in total. The minimum absolute atomic E-state index is 0.112. The fourth-order valence-electron chi connectivity index (χ4n) is 5.08. The maximum Gasteiger partial charge on any atom is 0.417 e. The first kappa shape index (κ1) is 26.3. The molecule has 0 aliphatic carbocycles. The summed E-state index contributed by atoms with van der Waals surface area (Å²) in [6, 6.07) is 5.57. The number of alkyl halides is 3. The van der Waals surface area contributed by atoms with Gasteiger partial charge in [-0.1, -0.05) is 20.8 Å². The van der Waals surface area contributed by atoms with Gasteiger partial charge in [0, 0.05) is 50.3 Å². The van der Waals surface area contributed by atoms with E-state index in [1.807, 2.05) is 30.6 Å². The Hall–Kier alpha value is -2.31. The van der Waals surface area contributed by atoms with Crippen LogP contribution in [0.25, 0.3) is 0 Å². The molecule has 0 N–H and O–H groups in total. The molecule has 2 aliphatic rings. The highest BCUT2D eigenvalue weighted by atomic mass is 19.4. The van der Waals surface area contributed by atoms with Crippen LogP contribution in [0.15, 0.2) is 18.2 Å². The molecule has 0 bridgehead atoms. The average Bonchev–Trinajstić information content (AvgIpc) is 3.12. The van der Waals surface area contributed by atoms with E-state index in [2.05, 4.69) is 0 Å². The standard InChI is InChI=1S/C25H34F3N3O3/c1-23(2,3)22(32)30-9-7-24(8-10-30)17-31(15-19(24)16-34-12-11-33-4)20-6-5-18(14-29)21(13-20)25(26,27)28/h5-6,13,19H,7-12,15-17H2,1-4H3. The fourth-order valence-corrected chi connectivity index (χ4v) is 5.08. The van der Waals surface area contributed by atoms with Gasteiger partial charge in [-0.3, -0.25) is 4.79 Å². The Kier molecular flexibility index (Phi) is 7.83. The van der Waals surface area contributed by atoms with Crippen molar-refractivity contribution in [1.29, 1.82) is 5.26 Å². The lowest BCUT2D eigenvalue weighted by molar-refractivity contribution is -0.142. The second kappa shape index (κ2) is 10.1. The number of ether oxygens (including phenoxy) is 2. The molecule has 1 atom stereocenters. The molecule has 1 spiro atoms. The van der Waals surface area contributed by atoms with Crippen molar-refractivity contribution < 1.29 is 27.4 Å². The molecule has 0 radical (unpaired) electrons. The van der Waals surface area contributed by atoms with E-state index in [9.17, 15) is 18.0 Å². The van der Waals surface area contributed by atoms with Gasteiger partial charge in [0.05, 0.1) is 37.0 Å². The van der Waals surface area contributed by atoms with Crippen molar-refractivity contribution >= 4 is 11.6 Å². The Bertz CT molecular complexity index is 913. The smallest absolute Gasteiger partial charge is 0.382 e. The van der Waals surface area contributed by atoms with Gasteiger partial charge in [-0.05, 0) is 36.5 Å². The molecule has 1 amide bonds. The third-order valence-corrected chi connectivity index (χ3v) is 7.05. The largest absolute Gasteiger partial charge is 0.417 e. The number of hydrogen-bond acceptors (Lipinski definition) is 5. The molecule has 0 aromatic heterocycles. The lowest BCUT2D eigenvalue weighted by Gasteiger charge is -2.44. The van der Waals surface area contributed by atoms with Crippen LogP contribution in [0, 0.1) is 28.1 Å². The Morgan fingerprint density at radius 1 is 1.21 bits per heavy atom. The van der Waals surface area contributed by atoms with Crippen molar-refractivity contribution in [1.82, 2.24) is 4.90 Å². The van der Waals surface area contributed by atoms with Crippen LogP contribution in [0.2, 0.25) is 0 Å². The summed E-state index contributed by atoms with van der Waals surface area (Å²) in [5.74, 6) is 0.230. The zero-order valence-corrected chi connectivity index (χ0v) is 20.4. The summed E-state index contributed by atoms with van der Waals surface area (Å²) in [5, 5.41) is 9.12. The van der Waals surface area contributed by atoms with Gasteiger partial charge in [-0.2, -0.15) is 18.4 Å². The molecular weight excluding hydrogens is 447 g/mol. The lowest BCUT2D eigenvalue weighted by atomic mass is 9.71. The van der Waals surface area contributed by atoms with E-state index in [4.69, 9.17) is 14.7 Å². The minimum Gasteiger partial charge on any atom is -0.382 e. The van der Waals surface area contributed by atoms with Crippen LogP contribution in [0.1, 0.15) is 44.7 Å².